The van der Waals surface area contributed by atoms with Crippen molar-refractivity contribution in [3.05, 3.63) is 60.2 Å². The van der Waals surface area contributed by atoms with Crippen molar-refractivity contribution in [3.8, 4) is 17.0 Å². The fourth-order valence-electron chi connectivity index (χ4n) is 2.76. The second-order valence-corrected chi connectivity index (χ2v) is 6.40. The number of aromatic nitrogens is 1. The van der Waals surface area contributed by atoms with Gasteiger partial charge < -0.3 is 14.7 Å². The molecule has 0 saturated carbocycles. The van der Waals surface area contributed by atoms with E-state index in [0.717, 1.165) is 5.56 Å². The second kappa shape index (κ2) is 7.45. The van der Waals surface area contributed by atoms with E-state index in [9.17, 15) is 14.7 Å². The first-order valence-corrected chi connectivity index (χ1v) is 8.48. The number of esters is 1. The number of fused-ring (bicyclic) bond motifs is 1. The molecule has 0 bridgehead atoms. The number of pyridine rings is 1. The molecule has 1 aromatic heterocycles. The Morgan fingerprint density at radius 1 is 1.07 bits per heavy atom. The van der Waals surface area contributed by atoms with Gasteiger partial charge in [-0.05, 0) is 43.3 Å². The number of phenolic OH excluding ortho intramolecular Hbond substituents is 1. The Labute approximate surface area is 157 Å². The van der Waals surface area contributed by atoms with Crippen LogP contribution in [0.15, 0.2) is 54.6 Å². The maximum atomic E-state index is 12.8. The first kappa shape index (κ1) is 18.4. The molecule has 0 saturated heterocycles. The van der Waals surface area contributed by atoms with E-state index in [1.54, 1.807) is 57.4 Å². The van der Waals surface area contributed by atoms with E-state index in [0.29, 0.717) is 22.2 Å². The predicted molar refractivity (Wildman–Crippen MR) is 102 cm³/mol. The molecule has 0 aliphatic rings. The van der Waals surface area contributed by atoms with Crippen LogP contribution in [0.5, 0.6) is 5.75 Å². The van der Waals surface area contributed by atoms with Crippen LogP contribution in [0.25, 0.3) is 22.2 Å². The number of aromatic hydroxyl groups is 1. The third-order valence-electron chi connectivity index (χ3n) is 4.17. The number of para-hydroxylation sites is 1. The third-order valence-corrected chi connectivity index (χ3v) is 4.17. The Morgan fingerprint density at radius 2 is 1.74 bits per heavy atom. The number of hydrogen-bond acceptors (Lipinski definition) is 5. The summed E-state index contributed by atoms with van der Waals surface area (Å²) in [5.41, 5.74) is 2.31. The first-order chi connectivity index (χ1) is 12.9. The summed E-state index contributed by atoms with van der Waals surface area (Å²) in [4.78, 5) is 30.8. The lowest BCUT2D eigenvalue weighted by molar-refractivity contribution is -0.137. The van der Waals surface area contributed by atoms with Crippen LogP contribution in [-0.2, 0) is 9.53 Å². The zero-order valence-corrected chi connectivity index (χ0v) is 15.3. The molecule has 1 atom stereocenters. The molecule has 1 amide bonds. The number of benzene rings is 2. The molecule has 6 nitrogen and oxygen atoms in total. The molecular weight excluding hydrogens is 344 g/mol. The minimum atomic E-state index is -0.892. The number of carbonyl (C=O) groups excluding carboxylic acids is 2. The van der Waals surface area contributed by atoms with E-state index in [1.807, 2.05) is 18.2 Å². The van der Waals surface area contributed by atoms with E-state index in [-0.39, 0.29) is 11.7 Å². The number of likely N-dealkylation sites (N-methyl/N-ethyl adjacent to an activating group) is 1. The highest BCUT2D eigenvalue weighted by Crippen LogP contribution is 2.26. The lowest BCUT2D eigenvalue weighted by Crippen LogP contribution is -2.34. The van der Waals surface area contributed by atoms with Gasteiger partial charge in [-0.3, -0.25) is 4.79 Å². The topological polar surface area (TPSA) is 79.7 Å². The minimum absolute atomic E-state index is 0.148. The highest BCUT2D eigenvalue weighted by Gasteiger charge is 2.22. The Hall–Kier alpha value is -3.41. The van der Waals surface area contributed by atoms with Gasteiger partial charge in [-0.25, -0.2) is 9.78 Å². The Balaban J connectivity index is 2.04. The van der Waals surface area contributed by atoms with Gasteiger partial charge in [0.25, 0.3) is 5.91 Å². The van der Waals surface area contributed by atoms with Crippen molar-refractivity contribution in [1.29, 1.82) is 0 Å². The monoisotopic (exact) mass is 364 g/mol. The number of phenols is 1. The summed E-state index contributed by atoms with van der Waals surface area (Å²) in [6.07, 6.45) is -0.892. The van der Waals surface area contributed by atoms with Gasteiger partial charge >= 0.3 is 5.97 Å². The zero-order valence-electron chi connectivity index (χ0n) is 15.3. The highest BCUT2D eigenvalue weighted by molar-refractivity contribution is 6.05. The van der Waals surface area contributed by atoms with Gasteiger partial charge in [-0.15, -0.1) is 0 Å². The average molecular weight is 364 g/mol. The van der Waals surface area contributed by atoms with Crippen molar-refractivity contribution in [3.63, 3.8) is 0 Å². The van der Waals surface area contributed by atoms with Gasteiger partial charge in [0.15, 0.2) is 6.10 Å². The molecule has 0 aliphatic heterocycles. The molecule has 0 spiro atoms. The average Bonchev–Trinajstić information content (AvgIpc) is 2.66. The largest absolute Gasteiger partial charge is 0.508 e. The fourth-order valence-corrected chi connectivity index (χ4v) is 2.76. The van der Waals surface area contributed by atoms with Crippen LogP contribution in [0.4, 0.5) is 0 Å². The summed E-state index contributed by atoms with van der Waals surface area (Å²) in [5, 5.41) is 10.1. The van der Waals surface area contributed by atoms with E-state index < -0.39 is 12.1 Å². The van der Waals surface area contributed by atoms with Gasteiger partial charge in [-0.2, -0.15) is 0 Å². The van der Waals surface area contributed by atoms with Crippen LogP contribution >= 0.6 is 0 Å². The summed E-state index contributed by atoms with van der Waals surface area (Å²) in [7, 11) is 3.22. The third kappa shape index (κ3) is 3.89. The van der Waals surface area contributed by atoms with Gasteiger partial charge in [0.2, 0.25) is 0 Å². The zero-order chi connectivity index (χ0) is 19.6. The van der Waals surface area contributed by atoms with Gasteiger partial charge in [0.05, 0.1) is 16.8 Å². The van der Waals surface area contributed by atoms with Crippen molar-refractivity contribution < 1.29 is 19.4 Å². The summed E-state index contributed by atoms with van der Waals surface area (Å²) in [6.45, 7) is 1.55. The number of hydrogen-bond donors (Lipinski definition) is 1. The summed E-state index contributed by atoms with van der Waals surface area (Å²) < 4.78 is 5.38. The molecule has 2 aromatic carbocycles. The minimum Gasteiger partial charge on any atom is -0.508 e. The van der Waals surface area contributed by atoms with Crippen LogP contribution in [0, 0.1) is 0 Å². The molecule has 0 aliphatic carbocycles. The fraction of sp³-hybridized carbons (Fsp3) is 0.190. The van der Waals surface area contributed by atoms with Gasteiger partial charge in [0, 0.05) is 25.0 Å². The maximum Gasteiger partial charge on any atom is 0.339 e. The molecule has 3 aromatic rings. The molecule has 3 rings (SSSR count). The number of rotatable bonds is 4. The predicted octanol–water partition coefficient (Wildman–Crippen LogP) is 3.24. The maximum absolute atomic E-state index is 12.8. The Bertz CT molecular complexity index is 997. The highest BCUT2D eigenvalue weighted by atomic mass is 16.5. The summed E-state index contributed by atoms with van der Waals surface area (Å²) in [5.74, 6) is -0.730. The van der Waals surface area contributed by atoms with Crippen molar-refractivity contribution in [2.24, 2.45) is 0 Å². The van der Waals surface area contributed by atoms with E-state index in [1.165, 1.54) is 4.90 Å². The summed E-state index contributed by atoms with van der Waals surface area (Å²) >= 11 is 0. The van der Waals surface area contributed by atoms with Crippen molar-refractivity contribution in [2.45, 2.75) is 13.0 Å². The van der Waals surface area contributed by atoms with E-state index in [2.05, 4.69) is 4.98 Å². The first-order valence-electron chi connectivity index (χ1n) is 8.48. The van der Waals surface area contributed by atoms with Gasteiger partial charge in [0.1, 0.15) is 5.75 Å². The lowest BCUT2D eigenvalue weighted by atomic mass is 10.0. The summed E-state index contributed by atoms with van der Waals surface area (Å²) in [6, 6.07) is 15.5. The van der Waals surface area contributed by atoms with Crippen molar-refractivity contribution in [2.75, 3.05) is 14.1 Å². The molecule has 1 heterocycles. The molecule has 0 radical (unpaired) electrons. The van der Waals surface area contributed by atoms with Crippen LogP contribution in [0.1, 0.15) is 17.3 Å². The SMILES string of the molecule is C[C@H](OC(=O)c1cc(-c2ccc(O)cc2)nc2ccccc12)C(=O)N(C)C. The number of carbonyl (C=O) groups is 2. The van der Waals surface area contributed by atoms with Crippen LogP contribution < -0.4 is 0 Å². The Morgan fingerprint density at radius 3 is 2.41 bits per heavy atom. The molecule has 0 unspecified atom stereocenters. The van der Waals surface area contributed by atoms with Crippen LogP contribution in [0.3, 0.4) is 0 Å². The van der Waals surface area contributed by atoms with Crippen molar-refractivity contribution >= 4 is 22.8 Å². The molecule has 27 heavy (non-hydrogen) atoms. The molecule has 1 N–H and O–H groups in total. The van der Waals surface area contributed by atoms with E-state index >= 15 is 0 Å². The number of amides is 1. The molecular formula is C21H20N2O4. The van der Waals surface area contributed by atoms with Gasteiger partial charge in [-0.1, -0.05) is 18.2 Å². The quantitative estimate of drug-likeness (QED) is 0.719. The second-order valence-electron chi connectivity index (χ2n) is 6.40. The lowest BCUT2D eigenvalue weighted by Gasteiger charge is -2.18. The van der Waals surface area contributed by atoms with Crippen molar-refractivity contribution in [1.82, 2.24) is 9.88 Å². The normalized spacial score (nSPS) is 11.8. The molecule has 138 valence electrons. The smallest absolute Gasteiger partial charge is 0.339 e. The number of ether oxygens (including phenoxy) is 1. The molecule has 6 heteroatoms. The standard InChI is InChI=1S/C21H20N2O4/c1-13(20(25)23(2)3)27-21(26)17-12-19(14-8-10-15(24)11-9-14)22-18-7-5-4-6-16(17)18/h4-13,24H,1-3H3/t13-/m0/s1. The van der Waals surface area contributed by atoms with Crippen LogP contribution in [0.2, 0.25) is 0 Å². The number of nitrogens with zero attached hydrogens (tertiary/aromatic N) is 2. The molecule has 0 fully saturated rings. The van der Waals surface area contributed by atoms with E-state index in [4.69, 9.17) is 4.74 Å². The Kier molecular flexibility index (Phi) is 5.07. The van der Waals surface area contributed by atoms with Crippen LogP contribution in [-0.4, -0.2) is 47.1 Å².